The van der Waals surface area contributed by atoms with E-state index in [2.05, 4.69) is 71.4 Å². The summed E-state index contributed by atoms with van der Waals surface area (Å²) in [4.78, 5) is 0. The Balaban J connectivity index is 1.74. The quantitative estimate of drug-likeness (QED) is 0.225. The number of unbranched alkanes of at least 4 members (excludes halogenated alkanes) is 6. The largest absolute Gasteiger partial charge is 0.494 e. The van der Waals surface area contributed by atoms with Gasteiger partial charge in [0.25, 0.3) is 0 Å². The highest BCUT2D eigenvalue weighted by Gasteiger charge is 2.01. The van der Waals surface area contributed by atoms with Gasteiger partial charge in [0.2, 0.25) is 0 Å². The Morgan fingerprint density at radius 1 is 0.593 bits per heavy atom. The lowest BCUT2D eigenvalue weighted by Crippen LogP contribution is -1.97. The zero-order valence-electron chi connectivity index (χ0n) is 16.6. The summed E-state index contributed by atoms with van der Waals surface area (Å²) in [6.45, 7) is 3.83. The van der Waals surface area contributed by atoms with Crippen molar-refractivity contribution in [2.24, 2.45) is 0 Å². The molecule has 27 heavy (non-hydrogen) atoms. The fraction of sp³-hybridized carbons (Fsp3) is 0.500. The van der Waals surface area contributed by atoms with Crippen LogP contribution in [0.3, 0.4) is 0 Å². The van der Waals surface area contributed by atoms with Crippen LogP contribution in [0.2, 0.25) is 0 Å². The molecule has 0 aliphatic rings. The van der Waals surface area contributed by atoms with E-state index in [9.17, 15) is 0 Å². The highest BCUT2D eigenvalue weighted by Crippen LogP contribution is 2.25. The molecule has 0 heterocycles. The van der Waals surface area contributed by atoms with E-state index >= 15 is 0 Å². The summed E-state index contributed by atoms with van der Waals surface area (Å²) in [5.41, 5.74) is 2.41. The average molecular weight is 433 g/mol. The number of alkyl halides is 1. The number of halogens is 1. The third-order valence-corrected chi connectivity index (χ3v) is 5.17. The number of hydrogen-bond acceptors (Lipinski definition) is 2. The van der Waals surface area contributed by atoms with Gasteiger partial charge in [0.05, 0.1) is 13.2 Å². The van der Waals surface area contributed by atoms with Crippen LogP contribution in [0.15, 0.2) is 48.5 Å². The Kier molecular flexibility index (Phi) is 11.0. The summed E-state index contributed by atoms with van der Waals surface area (Å²) < 4.78 is 11.7. The van der Waals surface area contributed by atoms with E-state index in [1.165, 1.54) is 49.7 Å². The number of ether oxygens (including phenoxy) is 2. The van der Waals surface area contributed by atoms with Crippen molar-refractivity contribution in [2.75, 3.05) is 18.5 Å². The van der Waals surface area contributed by atoms with Crippen molar-refractivity contribution in [3.8, 4) is 22.6 Å². The van der Waals surface area contributed by atoms with Crippen LogP contribution >= 0.6 is 15.9 Å². The van der Waals surface area contributed by atoms with E-state index in [1.807, 2.05) is 0 Å². The van der Waals surface area contributed by atoms with Crippen LogP contribution in [0.5, 0.6) is 11.5 Å². The lowest BCUT2D eigenvalue weighted by molar-refractivity contribution is 0.305. The molecule has 0 saturated carbocycles. The molecule has 2 aromatic rings. The van der Waals surface area contributed by atoms with Crippen LogP contribution in [-0.2, 0) is 0 Å². The van der Waals surface area contributed by atoms with Crippen molar-refractivity contribution in [1.82, 2.24) is 0 Å². The van der Waals surface area contributed by atoms with E-state index in [0.29, 0.717) is 0 Å². The van der Waals surface area contributed by atoms with Gasteiger partial charge in [-0.1, -0.05) is 79.2 Å². The zero-order valence-corrected chi connectivity index (χ0v) is 18.2. The van der Waals surface area contributed by atoms with Gasteiger partial charge >= 0.3 is 0 Å². The minimum absolute atomic E-state index is 0.798. The van der Waals surface area contributed by atoms with Crippen molar-refractivity contribution in [3.05, 3.63) is 48.5 Å². The van der Waals surface area contributed by atoms with Gasteiger partial charge < -0.3 is 9.47 Å². The summed E-state index contributed by atoms with van der Waals surface area (Å²) in [5.74, 6) is 1.90. The second-order valence-corrected chi connectivity index (χ2v) is 7.70. The molecule has 0 saturated heterocycles. The molecule has 2 rings (SSSR count). The van der Waals surface area contributed by atoms with Gasteiger partial charge in [-0.3, -0.25) is 0 Å². The first-order chi connectivity index (χ1) is 13.3. The Morgan fingerprint density at radius 2 is 1.04 bits per heavy atom. The summed E-state index contributed by atoms with van der Waals surface area (Å²) in [6.07, 6.45) is 9.80. The lowest BCUT2D eigenvalue weighted by atomic mass is 10.1. The van der Waals surface area contributed by atoms with Crippen molar-refractivity contribution in [2.45, 2.75) is 58.3 Å². The van der Waals surface area contributed by atoms with Gasteiger partial charge in [0, 0.05) is 5.33 Å². The lowest BCUT2D eigenvalue weighted by Gasteiger charge is -2.09. The van der Waals surface area contributed by atoms with Crippen LogP contribution in [0, 0.1) is 0 Å². The van der Waals surface area contributed by atoms with E-state index in [-0.39, 0.29) is 0 Å². The fourth-order valence-corrected chi connectivity index (χ4v) is 3.34. The maximum absolute atomic E-state index is 5.84. The van der Waals surface area contributed by atoms with Crippen LogP contribution in [-0.4, -0.2) is 18.5 Å². The molecule has 0 atom stereocenters. The minimum atomic E-state index is 0.798. The third-order valence-electron chi connectivity index (χ3n) is 4.61. The standard InChI is InChI=1S/C24H33BrO2/c1-2-3-4-8-19-26-23-14-10-21(11-15-23)22-12-16-24(17-13-22)27-20-9-6-5-7-18-25/h10-17H,2-9,18-20H2,1H3. The molecule has 0 radical (unpaired) electrons. The molecule has 0 fully saturated rings. The monoisotopic (exact) mass is 432 g/mol. The van der Waals surface area contributed by atoms with E-state index in [1.54, 1.807) is 0 Å². The highest BCUT2D eigenvalue weighted by molar-refractivity contribution is 9.09. The van der Waals surface area contributed by atoms with Gasteiger partial charge in [-0.2, -0.15) is 0 Å². The van der Waals surface area contributed by atoms with Crippen LogP contribution in [0.1, 0.15) is 58.3 Å². The Hall–Kier alpha value is -1.48. The minimum Gasteiger partial charge on any atom is -0.494 e. The molecule has 148 valence electrons. The third kappa shape index (κ3) is 8.83. The van der Waals surface area contributed by atoms with Crippen LogP contribution < -0.4 is 9.47 Å². The SMILES string of the molecule is CCCCCCOc1ccc(-c2ccc(OCCCCCCBr)cc2)cc1. The Bertz CT molecular complexity index is 607. The first-order valence-electron chi connectivity index (χ1n) is 10.4. The summed E-state index contributed by atoms with van der Waals surface area (Å²) in [7, 11) is 0. The first-order valence-corrected chi connectivity index (χ1v) is 11.5. The van der Waals surface area contributed by atoms with Crippen molar-refractivity contribution in [1.29, 1.82) is 0 Å². The molecule has 0 aromatic heterocycles. The van der Waals surface area contributed by atoms with E-state index in [4.69, 9.17) is 9.47 Å². The van der Waals surface area contributed by atoms with E-state index < -0.39 is 0 Å². The molecule has 0 amide bonds. The van der Waals surface area contributed by atoms with Gasteiger partial charge in [-0.05, 0) is 54.7 Å². The number of benzene rings is 2. The summed E-state index contributed by atoms with van der Waals surface area (Å²) >= 11 is 3.47. The number of hydrogen-bond donors (Lipinski definition) is 0. The summed E-state index contributed by atoms with van der Waals surface area (Å²) in [5, 5.41) is 1.10. The highest BCUT2D eigenvalue weighted by atomic mass is 79.9. The predicted molar refractivity (Wildman–Crippen MR) is 119 cm³/mol. The molecular formula is C24H33BrO2. The molecule has 2 nitrogen and oxygen atoms in total. The van der Waals surface area contributed by atoms with Crippen molar-refractivity contribution in [3.63, 3.8) is 0 Å². The van der Waals surface area contributed by atoms with Gasteiger partial charge in [0.15, 0.2) is 0 Å². The fourth-order valence-electron chi connectivity index (χ4n) is 2.95. The second kappa shape index (κ2) is 13.7. The smallest absolute Gasteiger partial charge is 0.119 e. The molecule has 3 heteroatoms. The molecule has 0 unspecified atom stereocenters. The molecular weight excluding hydrogens is 400 g/mol. The number of rotatable bonds is 14. The van der Waals surface area contributed by atoms with Gasteiger partial charge in [-0.15, -0.1) is 0 Å². The van der Waals surface area contributed by atoms with Crippen molar-refractivity contribution < 1.29 is 9.47 Å². The van der Waals surface area contributed by atoms with Crippen LogP contribution in [0.4, 0.5) is 0 Å². The molecule has 0 aliphatic heterocycles. The normalized spacial score (nSPS) is 10.7. The van der Waals surface area contributed by atoms with Crippen LogP contribution in [0.25, 0.3) is 11.1 Å². The zero-order chi connectivity index (χ0) is 19.2. The Labute approximate surface area is 173 Å². The molecule has 0 bridgehead atoms. The second-order valence-electron chi connectivity index (χ2n) is 6.91. The molecule has 0 N–H and O–H groups in total. The maximum atomic E-state index is 5.84. The maximum Gasteiger partial charge on any atom is 0.119 e. The first kappa shape index (κ1) is 21.8. The molecule has 0 aliphatic carbocycles. The average Bonchev–Trinajstić information content (AvgIpc) is 2.71. The topological polar surface area (TPSA) is 18.5 Å². The van der Waals surface area contributed by atoms with E-state index in [0.717, 1.165) is 42.9 Å². The molecule has 0 spiro atoms. The Morgan fingerprint density at radius 3 is 1.48 bits per heavy atom. The van der Waals surface area contributed by atoms with Crippen molar-refractivity contribution >= 4 is 15.9 Å². The summed E-state index contributed by atoms with van der Waals surface area (Å²) in [6, 6.07) is 16.8. The predicted octanol–water partition coefficient (Wildman–Crippen LogP) is 7.65. The molecule has 2 aromatic carbocycles. The van der Waals surface area contributed by atoms with Gasteiger partial charge in [-0.25, -0.2) is 0 Å². The van der Waals surface area contributed by atoms with Gasteiger partial charge in [0.1, 0.15) is 11.5 Å².